The maximum Gasteiger partial charge on any atom is 0.223 e. The minimum absolute atomic E-state index is 0.246. The molecular weight excluding hydrogens is 222 g/mol. The Balaban J connectivity index is 2.35. The third-order valence-electron chi connectivity index (χ3n) is 4.22. The third-order valence-corrected chi connectivity index (χ3v) is 4.22. The second kappa shape index (κ2) is 9.41. The molecule has 0 aromatic heterocycles. The predicted octanol–water partition coefficient (Wildman–Crippen LogP) is 4.43. The first-order valence-corrected chi connectivity index (χ1v) is 8.08. The topological polar surface area (TPSA) is 29.1 Å². The lowest BCUT2D eigenvalue weighted by Crippen LogP contribution is -2.39. The molecule has 1 aliphatic rings. The molecule has 0 aliphatic heterocycles. The van der Waals surface area contributed by atoms with Crippen LogP contribution in [0.3, 0.4) is 0 Å². The SMILES string of the molecule is CCCCC(CC)C(=O)NC1CCCCCCC1. The summed E-state index contributed by atoms with van der Waals surface area (Å²) in [5.74, 6) is 0.562. The van der Waals surface area contributed by atoms with E-state index in [1.165, 1.54) is 57.8 Å². The van der Waals surface area contributed by atoms with Gasteiger partial charge in [0.05, 0.1) is 0 Å². The van der Waals surface area contributed by atoms with Crippen molar-refractivity contribution in [1.29, 1.82) is 0 Å². The largest absolute Gasteiger partial charge is 0.353 e. The van der Waals surface area contributed by atoms with Gasteiger partial charge in [0.2, 0.25) is 5.91 Å². The van der Waals surface area contributed by atoms with E-state index < -0.39 is 0 Å². The zero-order valence-electron chi connectivity index (χ0n) is 12.3. The molecule has 0 aromatic rings. The van der Waals surface area contributed by atoms with E-state index in [9.17, 15) is 4.79 Å². The third kappa shape index (κ3) is 5.88. The summed E-state index contributed by atoms with van der Waals surface area (Å²) in [5.41, 5.74) is 0. The average molecular weight is 253 g/mol. The Kier molecular flexibility index (Phi) is 8.11. The van der Waals surface area contributed by atoms with Crippen LogP contribution in [0, 0.1) is 5.92 Å². The normalized spacial score (nSPS) is 19.9. The highest BCUT2D eigenvalue weighted by Gasteiger charge is 2.19. The Bertz CT molecular complexity index is 219. The summed E-state index contributed by atoms with van der Waals surface area (Å²) < 4.78 is 0. The van der Waals surface area contributed by atoms with Crippen molar-refractivity contribution in [2.75, 3.05) is 0 Å². The average Bonchev–Trinajstić information content (AvgIpc) is 2.33. The number of carbonyl (C=O) groups excluding carboxylic acids is 1. The fourth-order valence-corrected chi connectivity index (χ4v) is 2.89. The molecule has 1 saturated carbocycles. The summed E-state index contributed by atoms with van der Waals surface area (Å²) in [4.78, 5) is 12.2. The Morgan fingerprint density at radius 1 is 1.11 bits per heavy atom. The van der Waals surface area contributed by atoms with E-state index in [-0.39, 0.29) is 5.92 Å². The highest BCUT2D eigenvalue weighted by atomic mass is 16.1. The van der Waals surface area contributed by atoms with Crippen LogP contribution in [-0.4, -0.2) is 11.9 Å². The Labute approximate surface area is 113 Å². The van der Waals surface area contributed by atoms with E-state index in [1.54, 1.807) is 0 Å². The van der Waals surface area contributed by atoms with Crippen LogP contribution in [0.25, 0.3) is 0 Å². The number of unbranched alkanes of at least 4 members (excludes halogenated alkanes) is 1. The summed E-state index contributed by atoms with van der Waals surface area (Å²) in [7, 11) is 0. The lowest BCUT2D eigenvalue weighted by molar-refractivity contribution is -0.126. The zero-order chi connectivity index (χ0) is 13.2. The number of hydrogen-bond donors (Lipinski definition) is 1. The standard InChI is InChI=1S/C16H31NO/c1-3-5-11-14(4-2)16(18)17-15-12-9-7-6-8-10-13-15/h14-15H,3-13H2,1-2H3,(H,17,18). The fraction of sp³-hybridized carbons (Fsp3) is 0.938. The number of carbonyl (C=O) groups is 1. The molecule has 0 heterocycles. The van der Waals surface area contributed by atoms with E-state index >= 15 is 0 Å². The molecule has 0 radical (unpaired) electrons. The number of nitrogens with one attached hydrogen (secondary N) is 1. The molecular formula is C16H31NO. The maximum atomic E-state index is 12.2. The molecule has 1 fully saturated rings. The number of rotatable bonds is 6. The van der Waals surface area contributed by atoms with E-state index in [4.69, 9.17) is 0 Å². The highest BCUT2D eigenvalue weighted by molar-refractivity contribution is 5.78. The molecule has 2 heteroatoms. The summed E-state index contributed by atoms with van der Waals surface area (Å²) in [6.45, 7) is 4.33. The Morgan fingerprint density at radius 2 is 1.72 bits per heavy atom. The van der Waals surface area contributed by atoms with Crippen molar-refractivity contribution in [3.63, 3.8) is 0 Å². The molecule has 18 heavy (non-hydrogen) atoms. The molecule has 1 N–H and O–H groups in total. The Hall–Kier alpha value is -0.530. The second-order valence-electron chi connectivity index (χ2n) is 5.80. The summed E-state index contributed by atoms with van der Waals surface area (Å²) in [5, 5.41) is 3.31. The van der Waals surface area contributed by atoms with Gasteiger partial charge in [-0.2, -0.15) is 0 Å². The van der Waals surface area contributed by atoms with E-state index in [0.29, 0.717) is 11.9 Å². The van der Waals surface area contributed by atoms with Gasteiger partial charge >= 0.3 is 0 Å². The first-order chi connectivity index (χ1) is 8.77. The molecule has 1 rings (SSSR count). The molecule has 0 bridgehead atoms. The molecule has 2 nitrogen and oxygen atoms in total. The van der Waals surface area contributed by atoms with Crippen molar-refractivity contribution in [3.8, 4) is 0 Å². The van der Waals surface area contributed by atoms with Gasteiger partial charge in [0.1, 0.15) is 0 Å². The van der Waals surface area contributed by atoms with E-state index in [0.717, 1.165) is 12.8 Å². The first kappa shape index (κ1) is 15.5. The first-order valence-electron chi connectivity index (χ1n) is 8.08. The summed E-state index contributed by atoms with van der Waals surface area (Å²) >= 11 is 0. The van der Waals surface area contributed by atoms with E-state index in [1.807, 2.05) is 0 Å². The van der Waals surface area contributed by atoms with Crippen LogP contribution < -0.4 is 5.32 Å². The minimum atomic E-state index is 0.246. The van der Waals surface area contributed by atoms with Crippen molar-refractivity contribution in [2.24, 2.45) is 5.92 Å². The zero-order valence-corrected chi connectivity index (χ0v) is 12.3. The van der Waals surface area contributed by atoms with Crippen LogP contribution in [0.2, 0.25) is 0 Å². The summed E-state index contributed by atoms with van der Waals surface area (Å²) in [6.07, 6.45) is 13.4. The van der Waals surface area contributed by atoms with Crippen molar-refractivity contribution >= 4 is 5.91 Å². The van der Waals surface area contributed by atoms with Gasteiger partial charge in [0.15, 0.2) is 0 Å². The van der Waals surface area contributed by atoms with Crippen LogP contribution >= 0.6 is 0 Å². The second-order valence-corrected chi connectivity index (χ2v) is 5.80. The minimum Gasteiger partial charge on any atom is -0.353 e. The lowest BCUT2D eigenvalue weighted by Gasteiger charge is -2.23. The fourth-order valence-electron chi connectivity index (χ4n) is 2.89. The van der Waals surface area contributed by atoms with Gasteiger partial charge in [-0.15, -0.1) is 0 Å². The number of amides is 1. The van der Waals surface area contributed by atoms with Gasteiger partial charge in [0.25, 0.3) is 0 Å². The molecule has 1 aliphatic carbocycles. The van der Waals surface area contributed by atoms with Gasteiger partial charge < -0.3 is 5.32 Å². The lowest BCUT2D eigenvalue weighted by atomic mass is 9.94. The molecule has 1 atom stereocenters. The molecule has 0 saturated heterocycles. The van der Waals surface area contributed by atoms with Crippen molar-refractivity contribution < 1.29 is 4.79 Å². The Morgan fingerprint density at radius 3 is 2.28 bits per heavy atom. The predicted molar refractivity (Wildman–Crippen MR) is 77.6 cm³/mol. The van der Waals surface area contributed by atoms with Gasteiger partial charge in [0, 0.05) is 12.0 Å². The monoisotopic (exact) mass is 253 g/mol. The molecule has 1 amide bonds. The van der Waals surface area contributed by atoms with Crippen LogP contribution in [0.1, 0.15) is 84.5 Å². The van der Waals surface area contributed by atoms with E-state index in [2.05, 4.69) is 19.2 Å². The molecule has 0 aromatic carbocycles. The maximum absolute atomic E-state index is 12.2. The highest BCUT2D eigenvalue weighted by Crippen LogP contribution is 2.19. The van der Waals surface area contributed by atoms with Gasteiger partial charge in [-0.1, -0.05) is 58.8 Å². The van der Waals surface area contributed by atoms with Crippen molar-refractivity contribution in [1.82, 2.24) is 5.32 Å². The van der Waals surface area contributed by atoms with Crippen molar-refractivity contribution in [3.05, 3.63) is 0 Å². The van der Waals surface area contributed by atoms with Gasteiger partial charge in [-0.3, -0.25) is 4.79 Å². The van der Waals surface area contributed by atoms with Crippen LogP contribution in [0.4, 0.5) is 0 Å². The van der Waals surface area contributed by atoms with Crippen LogP contribution in [-0.2, 0) is 4.79 Å². The quantitative estimate of drug-likeness (QED) is 0.745. The number of hydrogen-bond acceptors (Lipinski definition) is 1. The van der Waals surface area contributed by atoms with Crippen molar-refractivity contribution in [2.45, 2.75) is 90.5 Å². The van der Waals surface area contributed by atoms with Crippen LogP contribution in [0.5, 0.6) is 0 Å². The molecule has 1 unspecified atom stereocenters. The summed E-state index contributed by atoms with van der Waals surface area (Å²) in [6, 6.07) is 0.452. The van der Waals surface area contributed by atoms with Gasteiger partial charge in [-0.25, -0.2) is 0 Å². The molecule has 0 spiro atoms. The van der Waals surface area contributed by atoms with Crippen LogP contribution in [0.15, 0.2) is 0 Å². The molecule has 106 valence electrons. The smallest absolute Gasteiger partial charge is 0.223 e. The van der Waals surface area contributed by atoms with Gasteiger partial charge in [-0.05, 0) is 25.7 Å².